The predicted molar refractivity (Wildman–Crippen MR) is 138 cm³/mol. The van der Waals surface area contributed by atoms with E-state index in [2.05, 4.69) is 0 Å². The molecule has 36 heavy (non-hydrogen) atoms. The molecule has 0 fully saturated rings. The van der Waals surface area contributed by atoms with E-state index in [-0.39, 0.29) is 23.5 Å². The van der Waals surface area contributed by atoms with Gasteiger partial charge in [0.15, 0.2) is 5.76 Å². The summed E-state index contributed by atoms with van der Waals surface area (Å²) in [6.45, 7) is 12.6. The highest BCUT2D eigenvalue weighted by atomic mass is 16.5. The highest BCUT2D eigenvalue weighted by Crippen LogP contribution is 2.33. The fourth-order valence-corrected chi connectivity index (χ4v) is 2.97. The smallest absolute Gasteiger partial charge is 0.316 e. The largest absolute Gasteiger partial charge is 0.496 e. The summed E-state index contributed by atoms with van der Waals surface area (Å²) in [6.07, 6.45) is 2.19. The van der Waals surface area contributed by atoms with Crippen LogP contribution in [-0.2, 0) is 20.7 Å². The average Bonchev–Trinajstić information content (AvgIpc) is 2.81. The summed E-state index contributed by atoms with van der Waals surface area (Å²) in [5.74, 6) is 0.210. The van der Waals surface area contributed by atoms with Crippen LogP contribution < -0.4 is 14.2 Å². The van der Waals surface area contributed by atoms with Gasteiger partial charge < -0.3 is 18.9 Å². The first-order chi connectivity index (χ1) is 16.7. The van der Waals surface area contributed by atoms with E-state index in [4.69, 9.17) is 18.9 Å². The molecule has 0 aromatic heterocycles. The van der Waals surface area contributed by atoms with Crippen LogP contribution in [0.25, 0.3) is 6.08 Å². The molecule has 0 radical (unpaired) electrons. The number of ether oxygens (including phenoxy) is 4. The number of benzene rings is 2. The van der Waals surface area contributed by atoms with Crippen molar-refractivity contribution in [2.24, 2.45) is 10.8 Å². The molecule has 194 valence electrons. The minimum absolute atomic E-state index is 0.0919. The monoisotopic (exact) mass is 496 g/mol. The first kappa shape index (κ1) is 28.6. The Kier molecular flexibility index (Phi) is 9.08. The fourth-order valence-electron chi connectivity index (χ4n) is 2.97. The molecule has 2 rings (SSSR count). The minimum atomic E-state index is -0.660. The van der Waals surface area contributed by atoms with Gasteiger partial charge in [-0.15, -0.1) is 0 Å². The zero-order chi connectivity index (χ0) is 27.3. The summed E-state index contributed by atoms with van der Waals surface area (Å²) >= 11 is 0. The Bertz CT molecular complexity index is 1140. The molecule has 0 aliphatic carbocycles. The molecule has 0 saturated heterocycles. The quantitative estimate of drug-likeness (QED) is 0.145. The molecule has 0 aliphatic heterocycles. The second-order valence-electron chi connectivity index (χ2n) is 10.4. The number of methoxy groups -OCH3 is 2. The molecular formula is C29H36O7. The van der Waals surface area contributed by atoms with Crippen molar-refractivity contribution in [2.75, 3.05) is 14.2 Å². The molecule has 0 spiro atoms. The van der Waals surface area contributed by atoms with Crippen molar-refractivity contribution in [3.8, 4) is 17.2 Å². The van der Waals surface area contributed by atoms with Crippen molar-refractivity contribution in [3.63, 3.8) is 0 Å². The Morgan fingerprint density at radius 3 is 1.83 bits per heavy atom. The molecule has 0 aliphatic rings. The number of aryl methyl sites for hydroxylation is 1. The van der Waals surface area contributed by atoms with Crippen molar-refractivity contribution >= 4 is 23.8 Å². The maximum absolute atomic E-state index is 13.1. The highest BCUT2D eigenvalue weighted by Gasteiger charge is 2.26. The molecule has 2 aromatic rings. The molecule has 7 nitrogen and oxygen atoms in total. The SMILES string of the molecule is CCc1cc(C=C(OC)C(=O)c2ccc(OC(=O)C(C)(C)C)cc2)c(OC)cc1OC(=O)C(C)(C)C. The van der Waals surface area contributed by atoms with E-state index >= 15 is 0 Å². The van der Waals surface area contributed by atoms with Crippen LogP contribution in [0.1, 0.15) is 70.0 Å². The van der Waals surface area contributed by atoms with Gasteiger partial charge in [-0.2, -0.15) is 0 Å². The van der Waals surface area contributed by atoms with Gasteiger partial charge >= 0.3 is 11.9 Å². The summed E-state index contributed by atoms with van der Waals surface area (Å²) < 4.78 is 21.9. The maximum atomic E-state index is 13.1. The third-order valence-corrected chi connectivity index (χ3v) is 5.28. The van der Waals surface area contributed by atoms with E-state index in [9.17, 15) is 14.4 Å². The molecule has 0 amide bonds. The topological polar surface area (TPSA) is 88.1 Å². The maximum Gasteiger partial charge on any atom is 0.316 e. The minimum Gasteiger partial charge on any atom is -0.496 e. The average molecular weight is 497 g/mol. The van der Waals surface area contributed by atoms with Crippen LogP contribution in [0.2, 0.25) is 0 Å². The number of hydrogen-bond acceptors (Lipinski definition) is 7. The summed E-state index contributed by atoms with van der Waals surface area (Å²) in [5, 5.41) is 0. The number of carbonyl (C=O) groups excluding carboxylic acids is 3. The Labute approximate surface area is 213 Å². The zero-order valence-corrected chi connectivity index (χ0v) is 22.6. The summed E-state index contributed by atoms with van der Waals surface area (Å²) in [6, 6.07) is 9.74. The fraction of sp³-hybridized carbons (Fsp3) is 0.414. The Morgan fingerprint density at radius 1 is 0.806 bits per heavy atom. The van der Waals surface area contributed by atoms with Crippen molar-refractivity contribution in [1.29, 1.82) is 0 Å². The Hall–Kier alpha value is -3.61. The molecule has 7 heteroatoms. The van der Waals surface area contributed by atoms with Gasteiger partial charge in [-0.3, -0.25) is 14.4 Å². The standard InChI is InChI=1S/C29H36O7/c1-10-18-15-20(22(33-8)17-23(18)36-27(32)29(5,6)7)16-24(34-9)25(30)19-11-13-21(14-12-19)35-26(31)28(2,3)4/h11-17H,10H2,1-9H3. The van der Waals surface area contributed by atoms with Crippen LogP contribution in [0.4, 0.5) is 0 Å². The second-order valence-corrected chi connectivity index (χ2v) is 10.4. The number of allylic oxidation sites excluding steroid dienone is 1. The number of rotatable bonds is 8. The lowest BCUT2D eigenvalue weighted by atomic mass is 9.97. The first-order valence-corrected chi connectivity index (χ1v) is 11.8. The molecule has 0 unspecified atom stereocenters. The number of hydrogen-bond donors (Lipinski definition) is 0. The van der Waals surface area contributed by atoms with Crippen LogP contribution in [0, 0.1) is 10.8 Å². The number of carbonyl (C=O) groups is 3. The van der Waals surface area contributed by atoms with E-state index < -0.39 is 10.8 Å². The third-order valence-electron chi connectivity index (χ3n) is 5.28. The van der Waals surface area contributed by atoms with Gasteiger partial charge in [-0.05, 0) is 89.9 Å². The molecule has 0 saturated carbocycles. The lowest BCUT2D eigenvalue weighted by Crippen LogP contribution is -2.26. The molecule has 0 N–H and O–H groups in total. The van der Waals surface area contributed by atoms with Gasteiger partial charge in [-0.1, -0.05) is 6.92 Å². The van der Waals surface area contributed by atoms with Gasteiger partial charge in [-0.25, -0.2) is 0 Å². The van der Waals surface area contributed by atoms with Crippen molar-refractivity contribution in [1.82, 2.24) is 0 Å². The first-order valence-electron chi connectivity index (χ1n) is 11.8. The molecule has 0 bridgehead atoms. The van der Waals surface area contributed by atoms with E-state index in [0.29, 0.717) is 34.8 Å². The van der Waals surface area contributed by atoms with Crippen LogP contribution in [0.3, 0.4) is 0 Å². The normalized spacial score (nSPS) is 12.1. The van der Waals surface area contributed by atoms with Crippen molar-refractivity contribution in [2.45, 2.75) is 54.9 Å². The van der Waals surface area contributed by atoms with Crippen LogP contribution in [0.15, 0.2) is 42.2 Å². The number of Topliss-reactive ketones (excluding diaryl/α,β-unsaturated/α-hetero) is 1. The molecule has 0 atom stereocenters. The summed E-state index contributed by atoms with van der Waals surface area (Å²) in [5.41, 5.74) is 0.451. The van der Waals surface area contributed by atoms with E-state index in [1.165, 1.54) is 14.2 Å². The van der Waals surface area contributed by atoms with Crippen LogP contribution >= 0.6 is 0 Å². The van der Waals surface area contributed by atoms with Crippen molar-refractivity contribution < 1.29 is 33.3 Å². The molecule has 0 heterocycles. The lowest BCUT2D eigenvalue weighted by molar-refractivity contribution is -0.143. The van der Waals surface area contributed by atoms with Crippen molar-refractivity contribution in [3.05, 3.63) is 58.8 Å². The number of ketones is 1. The Morgan fingerprint density at radius 2 is 1.36 bits per heavy atom. The van der Waals surface area contributed by atoms with Gasteiger partial charge in [0.1, 0.15) is 17.2 Å². The highest BCUT2D eigenvalue weighted by molar-refractivity contribution is 6.10. The van der Waals surface area contributed by atoms with Crippen LogP contribution in [-0.4, -0.2) is 31.9 Å². The molecule has 2 aromatic carbocycles. The van der Waals surface area contributed by atoms with Gasteiger partial charge in [0.25, 0.3) is 0 Å². The van der Waals surface area contributed by atoms with Crippen LogP contribution in [0.5, 0.6) is 17.2 Å². The predicted octanol–water partition coefficient (Wildman–Crippen LogP) is 6.03. The summed E-state index contributed by atoms with van der Waals surface area (Å²) in [7, 11) is 2.91. The van der Waals surface area contributed by atoms with E-state index in [1.807, 2.05) is 13.0 Å². The third kappa shape index (κ3) is 7.20. The molecular weight excluding hydrogens is 460 g/mol. The van der Waals surface area contributed by atoms with E-state index in [1.54, 1.807) is 78.0 Å². The number of esters is 2. The van der Waals surface area contributed by atoms with Gasteiger partial charge in [0.05, 0.1) is 25.0 Å². The lowest BCUT2D eigenvalue weighted by Gasteiger charge is -2.19. The second kappa shape index (κ2) is 11.4. The van der Waals surface area contributed by atoms with Gasteiger partial charge in [0, 0.05) is 17.2 Å². The summed E-state index contributed by atoms with van der Waals surface area (Å²) in [4.78, 5) is 37.7. The zero-order valence-electron chi connectivity index (χ0n) is 22.6. The van der Waals surface area contributed by atoms with Gasteiger partial charge in [0.2, 0.25) is 5.78 Å². The Balaban J connectivity index is 2.37. The van der Waals surface area contributed by atoms with E-state index in [0.717, 1.165) is 5.56 Å².